The maximum Gasteiger partial charge on any atom is 0.238 e. The number of hydrogen-bond acceptors (Lipinski definition) is 4. The smallest absolute Gasteiger partial charge is 0.238 e. The molecule has 0 saturated carbocycles. The lowest BCUT2D eigenvalue weighted by molar-refractivity contribution is -0.117. The van der Waals surface area contributed by atoms with Crippen LogP contribution in [-0.2, 0) is 4.79 Å². The number of likely N-dealkylation sites (tertiary alicyclic amines) is 1. The zero-order valence-corrected chi connectivity index (χ0v) is 11.7. The van der Waals surface area contributed by atoms with Gasteiger partial charge in [-0.2, -0.15) is 5.26 Å². The van der Waals surface area contributed by atoms with E-state index in [1.54, 1.807) is 24.3 Å². The lowest BCUT2D eigenvalue weighted by Crippen LogP contribution is -2.48. The predicted octanol–water partition coefficient (Wildman–Crippen LogP) is 1.17. The van der Waals surface area contributed by atoms with Crippen LogP contribution in [0, 0.1) is 17.2 Å². The number of rotatable bonds is 3. The van der Waals surface area contributed by atoms with Gasteiger partial charge >= 0.3 is 0 Å². The molecule has 1 aromatic rings. The molecular weight excluding hydrogens is 252 g/mol. The Bertz CT molecular complexity index is 496. The third-order valence-corrected chi connectivity index (χ3v) is 3.43. The molecule has 2 rings (SSSR count). The summed E-state index contributed by atoms with van der Waals surface area (Å²) >= 11 is 0. The van der Waals surface area contributed by atoms with Gasteiger partial charge in [0.05, 0.1) is 18.2 Å². The molecule has 2 unspecified atom stereocenters. The molecule has 5 nitrogen and oxygen atoms in total. The molecule has 1 saturated heterocycles. The first-order valence-corrected chi connectivity index (χ1v) is 6.85. The van der Waals surface area contributed by atoms with Crippen molar-refractivity contribution in [1.82, 2.24) is 4.90 Å². The minimum Gasteiger partial charge on any atom is -0.327 e. The lowest BCUT2D eigenvalue weighted by atomic mass is 9.97. The van der Waals surface area contributed by atoms with E-state index in [1.807, 2.05) is 6.07 Å². The van der Waals surface area contributed by atoms with Crippen LogP contribution in [0.25, 0.3) is 0 Å². The van der Waals surface area contributed by atoms with E-state index in [-0.39, 0.29) is 11.9 Å². The number of carbonyl (C=O) groups excluding carboxylic acids is 1. The topological polar surface area (TPSA) is 82.2 Å². The molecule has 106 valence electrons. The van der Waals surface area contributed by atoms with Crippen molar-refractivity contribution < 1.29 is 4.79 Å². The second kappa shape index (κ2) is 6.51. The van der Waals surface area contributed by atoms with E-state index in [0.29, 0.717) is 23.7 Å². The molecule has 1 aliphatic heterocycles. The van der Waals surface area contributed by atoms with Crippen molar-refractivity contribution in [3.63, 3.8) is 0 Å². The van der Waals surface area contributed by atoms with Crippen LogP contribution in [0.5, 0.6) is 0 Å². The first kappa shape index (κ1) is 14.5. The number of piperidine rings is 1. The number of nitrogens with two attached hydrogens (primary N) is 1. The standard InChI is InChI=1S/C15H20N4O/c1-11-6-13(17)9-19(8-11)10-15(20)18-14-4-2-12(7-16)3-5-14/h2-5,11,13H,6,8-10,17H2,1H3,(H,18,20). The van der Waals surface area contributed by atoms with Crippen LogP contribution in [0.1, 0.15) is 18.9 Å². The summed E-state index contributed by atoms with van der Waals surface area (Å²) in [7, 11) is 0. The Kier molecular flexibility index (Phi) is 4.72. The number of benzene rings is 1. The van der Waals surface area contributed by atoms with E-state index >= 15 is 0 Å². The van der Waals surface area contributed by atoms with Crippen molar-refractivity contribution in [3.05, 3.63) is 29.8 Å². The number of anilines is 1. The van der Waals surface area contributed by atoms with Crippen molar-refractivity contribution in [3.8, 4) is 6.07 Å². The number of nitriles is 1. The fourth-order valence-corrected chi connectivity index (χ4v) is 2.67. The van der Waals surface area contributed by atoms with Crippen molar-refractivity contribution >= 4 is 11.6 Å². The lowest BCUT2D eigenvalue weighted by Gasteiger charge is -2.34. The summed E-state index contributed by atoms with van der Waals surface area (Å²) in [5.41, 5.74) is 7.27. The third-order valence-electron chi connectivity index (χ3n) is 3.43. The van der Waals surface area contributed by atoms with Gasteiger partial charge in [0, 0.05) is 24.8 Å². The summed E-state index contributed by atoms with van der Waals surface area (Å²) in [4.78, 5) is 14.1. The Hall–Kier alpha value is -1.90. The Labute approximate surface area is 119 Å². The zero-order valence-electron chi connectivity index (χ0n) is 11.7. The average molecular weight is 272 g/mol. The van der Waals surface area contributed by atoms with Crippen LogP contribution >= 0.6 is 0 Å². The van der Waals surface area contributed by atoms with Crippen LogP contribution in [-0.4, -0.2) is 36.5 Å². The van der Waals surface area contributed by atoms with E-state index in [2.05, 4.69) is 17.1 Å². The maximum absolute atomic E-state index is 12.0. The number of carbonyl (C=O) groups is 1. The molecule has 1 heterocycles. The summed E-state index contributed by atoms with van der Waals surface area (Å²) in [5.74, 6) is 0.484. The normalized spacial score (nSPS) is 23.1. The largest absolute Gasteiger partial charge is 0.327 e. The molecule has 1 fully saturated rings. The van der Waals surface area contributed by atoms with Crippen LogP contribution < -0.4 is 11.1 Å². The Morgan fingerprint density at radius 1 is 1.45 bits per heavy atom. The van der Waals surface area contributed by atoms with Crippen molar-refractivity contribution in [2.75, 3.05) is 25.0 Å². The van der Waals surface area contributed by atoms with Gasteiger partial charge in [0.2, 0.25) is 5.91 Å². The minimum atomic E-state index is -0.0454. The van der Waals surface area contributed by atoms with Gasteiger partial charge in [-0.3, -0.25) is 9.69 Å². The molecule has 0 bridgehead atoms. The highest BCUT2D eigenvalue weighted by Gasteiger charge is 2.23. The van der Waals surface area contributed by atoms with E-state index in [1.165, 1.54) is 0 Å². The predicted molar refractivity (Wildman–Crippen MR) is 78.0 cm³/mol. The molecule has 5 heteroatoms. The summed E-state index contributed by atoms with van der Waals surface area (Å²) in [5, 5.41) is 11.6. The fourth-order valence-electron chi connectivity index (χ4n) is 2.67. The summed E-state index contributed by atoms with van der Waals surface area (Å²) in [6, 6.07) is 9.05. The van der Waals surface area contributed by atoms with Crippen LogP contribution in [0.4, 0.5) is 5.69 Å². The monoisotopic (exact) mass is 272 g/mol. The maximum atomic E-state index is 12.0. The van der Waals surface area contributed by atoms with Gasteiger partial charge in [-0.05, 0) is 36.6 Å². The second-order valence-corrected chi connectivity index (χ2v) is 5.53. The fraction of sp³-hybridized carbons (Fsp3) is 0.467. The highest BCUT2D eigenvalue weighted by atomic mass is 16.2. The molecule has 2 atom stereocenters. The van der Waals surface area contributed by atoms with Gasteiger partial charge in [-0.25, -0.2) is 0 Å². The molecule has 1 aromatic carbocycles. The highest BCUT2D eigenvalue weighted by Crippen LogP contribution is 2.15. The highest BCUT2D eigenvalue weighted by molar-refractivity contribution is 5.92. The van der Waals surface area contributed by atoms with Crippen LogP contribution in [0.15, 0.2) is 24.3 Å². The molecule has 0 spiro atoms. The average Bonchev–Trinajstić information content (AvgIpc) is 2.38. The van der Waals surface area contributed by atoms with E-state index in [9.17, 15) is 4.79 Å². The van der Waals surface area contributed by atoms with Crippen molar-refractivity contribution in [2.24, 2.45) is 11.7 Å². The molecule has 1 aliphatic rings. The Morgan fingerprint density at radius 3 is 2.75 bits per heavy atom. The van der Waals surface area contributed by atoms with Gasteiger partial charge in [0.1, 0.15) is 0 Å². The molecular formula is C15H20N4O. The third kappa shape index (κ3) is 4.05. The zero-order chi connectivity index (χ0) is 14.5. The van der Waals surface area contributed by atoms with Crippen molar-refractivity contribution in [2.45, 2.75) is 19.4 Å². The van der Waals surface area contributed by atoms with Crippen LogP contribution in [0.2, 0.25) is 0 Å². The second-order valence-electron chi connectivity index (χ2n) is 5.53. The van der Waals surface area contributed by atoms with E-state index in [0.717, 1.165) is 19.5 Å². The number of hydrogen-bond donors (Lipinski definition) is 2. The molecule has 0 radical (unpaired) electrons. The van der Waals surface area contributed by atoms with Gasteiger partial charge in [-0.15, -0.1) is 0 Å². The first-order valence-electron chi connectivity index (χ1n) is 6.85. The first-order chi connectivity index (χ1) is 9.56. The van der Waals surface area contributed by atoms with E-state index in [4.69, 9.17) is 11.0 Å². The Morgan fingerprint density at radius 2 is 2.15 bits per heavy atom. The van der Waals surface area contributed by atoms with Gasteiger partial charge in [0.25, 0.3) is 0 Å². The minimum absolute atomic E-state index is 0.0454. The SMILES string of the molecule is CC1CC(N)CN(CC(=O)Nc2ccc(C#N)cc2)C1. The number of amides is 1. The molecule has 0 aromatic heterocycles. The molecule has 3 N–H and O–H groups in total. The Balaban J connectivity index is 1.87. The van der Waals surface area contributed by atoms with Crippen LogP contribution in [0.3, 0.4) is 0 Å². The molecule has 0 aliphatic carbocycles. The van der Waals surface area contributed by atoms with E-state index < -0.39 is 0 Å². The summed E-state index contributed by atoms with van der Waals surface area (Å²) < 4.78 is 0. The summed E-state index contributed by atoms with van der Waals surface area (Å²) in [6.45, 7) is 4.20. The van der Waals surface area contributed by atoms with Gasteiger partial charge in [-0.1, -0.05) is 6.92 Å². The molecule has 20 heavy (non-hydrogen) atoms. The quantitative estimate of drug-likeness (QED) is 0.865. The summed E-state index contributed by atoms with van der Waals surface area (Å²) in [6.07, 6.45) is 1.02. The van der Waals surface area contributed by atoms with Crippen molar-refractivity contribution in [1.29, 1.82) is 5.26 Å². The van der Waals surface area contributed by atoms with Gasteiger partial charge in [0.15, 0.2) is 0 Å². The number of nitrogens with zero attached hydrogens (tertiary/aromatic N) is 2. The van der Waals surface area contributed by atoms with Gasteiger partial charge < -0.3 is 11.1 Å². The number of nitrogens with one attached hydrogen (secondary N) is 1. The molecule has 1 amide bonds.